The molecule has 0 fully saturated rings. The van der Waals surface area contributed by atoms with E-state index >= 15 is 0 Å². The standard InChI is InChI=1S/C15H10BrFN2O/c16-12-8-11(2-3-13(12)17)19-15(20)10-1-4-14-9(7-10)5-6-18-14/h1-8,18H,(H,19,20). The summed E-state index contributed by atoms with van der Waals surface area (Å²) in [6.07, 6.45) is 1.82. The van der Waals surface area contributed by atoms with Crippen molar-refractivity contribution in [3.05, 3.63) is 64.5 Å². The Morgan fingerprint density at radius 1 is 1.15 bits per heavy atom. The SMILES string of the molecule is O=C(Nc1ccc(F)c(Br)c1)c1ccc2[nH]ccc2c1. The number of benzene rings is 2. The summed E-state index contributed by atoms with van der Waals surface area (Å²) in [6.45, 7) is 0. The normalized spacial score (nSPS) is 10.7. The highest BCUT2D eigenvalue weighted by Gasteiger charge is 2.08. The van der Waals surface area contributed by atoms with E-state index in [-0.39, 0.29) is 11.7 Å². The van der Waals surface area contributed by atoms with Crippen LogP contribution in [0.5, 0.6) is 0 Å². The summed E-state index contributed by atoms with van der Waals surface area (Å²) in [6, 6.07) is 11.7. The van der Waals surface area contributed by atoms with Gasteiger partial charge in [0.15, 0.2) is 0 Å². The van der Waals surface area contributed by atoms with Crippen molar-refractivity contribution in [3.63, 3.8) is 0 Å². The summed E-state index contributed by atoms with van der Waals surface area (Å²) in [5.74, 6) is -0.594. The third-order valence-corrected chi connectivity index (χ3v) is 3.60. The van der Waals surface area contributed by atoms with Crippen LogP contribution < -0.4 is 5.32 Å². The molecule has 0 radical (unpaired) electrons. The average molecular weight is 333 g/mol. The minimum atomic E-state index is -0.364. The number of halogens is 2. The highest BCUT2D eigenvalue weighted by molar-refractivity contribution is 9.10. The second-order valence-electron chi connectivity index (χ2n) is 4.36. The highest BCUT2D eigenvalue weighted by Crippen LogP contribution is 2.21. The lowest BCUT2D eigenvalue weighted by Gasteiger charge is -2.06. The average Bonchev–Trinajstić information content (AvgIpc) is 2.90. The van der Waals surface area contributed by atoms with Gasteiger partial charge >= 0.3 is 0 Å². The van der Waals surface area contributed by atoms with Gasteiger partial charge in [-0.1, -0.05) is 0 Å². The fourth-order valence-corrected chi connectivity index (χ4v) is 2.35. The van der Waals surface area contributed by atoms with Crippen LogP contribution >= 0.6 is 15.9 Å². The molecule has 2 aromatic carbocycles. The lowest BCUT2D eigenvalue weighted by molar-refractivity contribution is 0.102. The number of hydrogen-bond donors (Lipinski definition) is 2. The van der Waals surface area contributed by atoms with E-state index in [1.807, 2.05) is 18.3 Å². The minimum Gasteiger partial charge on any atom is -0.361 e. The number of hydrogen-bond acceptors (Lipinski definition) is 1. The second kappa shape index (κ2) is 5.09. The lowest BCUT2D eigenvalue weighted by atomic mass is 10.1. The summed E-state index contributed by atoms with van der Waals surface area (Å²) in [7, 11) is 0. The van der Waals surface area contributed by atoms with Gasteiger partial charge in [-0.2, -0.15) is 0 Å². The Labute approximate surface area is 122 Å². The van der Waals surface area contributed by atoms with Crippen LogP contribution in [0.4, 0.5) is 10.1 Å². The zero-order valence-corrected chi connectivity index (χ0v) is 11.9. The third-order valence-electron chi connectivity index (χ3n) is 2.99. The number of carbonyl (C=O) groups is 1. The molecule has 1 heterocycles. The van der Waals surface area contributed by atoms with Gasteiger partial charge in [-0.05, 0) is 58.4 Å². The summed E-state index contributed by atoms with van der Waals surface area (Å²) >= 11 is 3.09. The Hall–Kier alpha value is -2.14. The van der Waals surface area contributed by atoms with E-state index in [4.69, 9.17) is 0 Å². The van der Waals surface area contributed by atoms with E-state index in [0.717, 1.165) is 10.9 Å². The van der Waals surface area contributed by atoms with Crippen LogP contribution in [0.15, 0.2) is 53.1 Å². The summed E-state index contributed by atoms with van der Waals surface area (Å²) in [5.41, 5.74) is 2.07. The largest absolute Gasteiger partial charge is 0.361 e. The number of aromatic amines is 1. The molecule has 5 heteroatoms. The number of nitrogens with one attached hydrogen (secondary N) is 2. The predicted octanol–water partition coefficient (Wildman–Crippen LogP) is 4.32. The molecule has 3 rings (SSSR count). The van der Waals surface area contributed by atoms with Gasteiger partial charge in [-0.3, -0.25) is 4.79 Å². The summed E-state index contributed by atoms with van der Waals surface area (Å²) in [4.78, 5) is 15.2. The Kier molecular flexibility index (Phi) is 3.28. The zero-order chi connectivity index (χ0) is 14.1. The second-order valence-corrected chi connectivity index (χ2v) is 5.22. The van der Waals surface area contributed by atoms with E-state index in [1.54, 1.807) is 12.1 Å². The molecule has 3 nitrogen and oxygen atoms in total. The monoisotopic (exact) mass is 332 g/mol. The predicted molar refractivity (Wildman–Crippen MR) is 80.4 cm³/mol. The molecule has 1 aromatic heterocycles. The molecular formula is C15H10BrFN2O. The fourth-order valence-electron chi connectivity index (χ4n) is 1.97. The highest BCUT2D eigenvalue weighted by atomic mass is 79.9. The number of fused-ring (bicyclic) bond motifs is 1. The van der Waals surface area contributed by atoms with Crippen molar-refractivity contribution in [1.82, 2.24) is 4.98 Å². The molecule has 0 aliphatic rings. The van der Waals surface area contributed by atoms with Crippen molar-refractivity contribution in [2.24, 2.45) is 0 Å². The molecule has 100 valence electrons. The van der Waals surface area contributed by atoms with Crippen molar-refractivity contribution in [1.29, 1.82) is 0 Å². The number of anilines is 1. The molecule has 0 bridgehead atoms. The fraction of sp³-hybridized carbons (Fsp3) is 0. The van der Waals surface area contributed by atoms with E-state index in [2.05, 4.69) is 26.2 Å². The van der Waals surface area contributed by atoms with Crippen molar-refractivity contribution >= 4 is 38.4 Å². The van der Waals surface area contributed by atoms with Gasteiger partial charge in [0.05, 0.1) is 4.47 Å². The minimum absolute atomic E-state index is 0.230. The first-order valence-electron chi connectivity index (χ1n) is 5.97. The van der Waals surface area contributed by atoms with Crippen LogP contribution in [0, 0.1) is 5.82 Å². The lowest BCUT2D eigenvalue weighted by Crippen LogP contribution is -2.11. The van der Waals surface area contributed by atoms with Gasteiger partial charge in [0.1, 0.15) is 5.82 Å². The van der Waals surface area contributed by atoms with Gasteiger partial charge in [0.2, 0.25) is 0 Å². The quantitative estimate of drug-likeness (QED) is 0.721. The maximum Gasteiger partial charge on any atom is 0.255 e. The first-order chi connectivity index (χ1) is 9.63. The molecule has 0 spiro atoms. The first-order valence-corrected chi connectivity index (χ1v) is 6.76. The smallest absolute Gasteiger partial charge is 0.255 e. The molecule has 20 heavy (non-hydrogen) atoms. The molecule has 2 N–H and O–H groups in total. The van der Waals surface area contributed by atoms with E-state index < -0.39 is 0 Å². The van der Waals surface area contributed by atoms with E-state index in [1.165, 1.54) is 18.2 Å². The molecule has 0 unspecified atom stereocenters. The zero-order valence-electron chi connectivity index (χ0n) is 10.3. The summed E-state index contributed by atoms with van der Waals surface area (Å²) < 4.78 is 13.5. The van der Waals surface area contributed by atoms with Crippen LogP contribution in [-0.4, -0.2) is 10.9 Å². The van der Waals surface area contributed by atoms with Gasteiger partial charge in [0, 0.05) is 28.4 Å². The maximum atomic E-state index is 13.1. The number of rotatable bonds is 2. The van der Waals surface area contributed by atoms with Crippen LogP contribution in [0.25, 0.3) is 10.9 Å². The van der Waals surface area contributed by atoms with E-state index in [9.17, 15) is 9.18 Å². The van der Waals surface area contributed by atoms with Crippen molar-refractivity contribution < 1.29 is 9.18 Å². The third kappa shape index (κ3) is 2.44. The maximum absolute atomic E-state index is 13.1. The van der Waals surface area contributed by atoms with Crippen LogP contribution in [-0.2, 0) is 0 Å². The molecule has 0 aliphatic heterocycles. The van der Waals surface area contributed by atoms with E-state index in [0.29, 0.717) is 15.7 Å². The molecule has 0 aliphatic carbocycles. The molecule has 0 saturated heterocycles. The van der Waals surface area contributed by atoms with Gasteiger partial charge < -0.3 is 10.3 Å². The molecule has 0 saturated carbocycles. The van der Waals surface area contributed by atoms with Gasteiger partial charge in [-0.25, -0.2) is 4.39 Å². The number of carbonyl (C=O) groups excluding carboxylic acids is 1. The Bertz CT molecular complexity index is 797. The number of aromatic nitrogens is 1. The Morgan fingerprint density at radius 3 is 2.80 bits per heavy atom. The van der Waals surface area contributed by atoms with Crippen molar-refractivity contribution in [2.45, 2.75) is 0 Å². The Balaban J connectivity index is 1.86. The summed E-state index contributed by atoms with van der Waals surface area (Å²) in [5, 5.41) is 3.71. The molecule has 3 aromatic rings. The molecular weight excluding hydrogens is 323 g/mol. The number of amides is 1. The van der Waals surface area contributed by atoms with Gasteiger partial charge in [-0.15, -0.1) is 0 Å². The van der Waals surface area contributed by atoms with Crippen molar-refractivity contribution in [3.8, 4) is 0 Å². The topological polar surface area (TPSA) is 44.9 Å². The van der Waals surface area contributed by atoms with Crippen molar-refractivity contribution in [2.75, 3.05) is 5.32 Å². The number of H-pyrrole nitrogens is 1. The van der Waals surface area contributed by atoms with Crippen LogP contribution in [0.2, 0.25) is 0 Å². The van der Waals surface area contributed by atoms with Crippen LogP contribution in [0.1, 0.15) is 10.4 Å². The first kappa shape index (κ1) is 12.9. The molecule has 1 amide bonds. The van der Waals surface area contributed by atoms with Gasteiger partial charge in [0.25, 0.3) is 5.91 Å². The molecule has 0 atom stereocenters. The van der Waals surface area contributed by atoms with Crippen LogP contribution in [0.3, 0.4) is 0 Å². The Morgan fingerprint density at radius 2 is 2.00 bits per heavy atom.